The van der Waals surface area contributed by atoms with Crippen LogP contribution in [0.4, 0.5) is 0 Å². The number of fused-ring (bicyclic) bond motifs is 3. The third-order valence-corrected chi connectivity index (χ3v) is 13.4. The fourth-order valence-corrected chi connectivity index (χ4v) is 11.1. The number of benzene rings is 7. The summed E-state index contributed by atoms with van der Waals surface area (Å²) in [6.07, 6.45) is 0. The van der Waals surface area contributed by atoms with E-state index in [-0.39, 0.29) is 5.41 Å². The molecule has 1 aromatic heterocycles. The first-order chi connectivity index (χ1) is 24.9. The van der Waals surface area contributed by atoms with Gasteiger partial charge in [0.25, 0.3) is 0 Å². The fraction of sp³-hybridized carbons (Fsp3) is 0.0652. The van der Waals surface area contributed by atoms with Crippen LogP contribution in [0.25, 0.3) is 56.1 Å². The maximum atomic E-state index is 15.7. The lowest BCUT2D eigenvalue weighted by Crippen LogP contribution is -2.42. The molecule has 0 bridgehead atoms. The van der Waals surface area contributed by atoms with Crippen LogP contribution in [-0.2, 0) is 9.98 Å². The Morgan fingerprint density at radius 1 is 0.431 bits per heavy atom. The Labute approximate surface area is 297 Å². The predicted molar refractivity (Wildman–Crippen MR) is 211 cm³/mol. The monoisotopic (exact) mass is 675 g/mol. The van der Waals surface area contributed by atoms with E-state index >= 15 is 4.57 Å². The van der Waals surface area contributed by atoms with Crippen molar-refractivity contribution >= 4 is 33.8 Å². The molecule has 0 spiro atoms. The van der Waals surface area contributed by atoms with Crippen LogP contribution in [0.1, 0.15) is 25.0 Å². The molecule has 7 aromatic carbocycles. The zero-order valence-corrected chi connectivity index (χ0v) is 29.3. The summed E-state index contributed by atoms with van der Waals surface area (Å²) in [5, 5.41) is 4.78. The van der Waals surface area contributed by atoms with Gasteiger partial charge in [-0.2, -0.15) is 0 Å². The molecule has 0 fully saturated rings. The SMILES string of the molecule is CC1(C)c2ccccc2P(=O)(c2ccccc2)c2cc(-c3cccc4c(-c5nc(-c6ccccc6)nc(-c6ccccc6)n5)cccc34)ccc21. The number of hydrogen-bond acceptors (Lipinski definition) is 4. The second kappa shape index (κ2) is 12.1. The van der Waals surface area contributed by atoms with Gasteiger partial charge < -0.3 is 4.57 Å². The fourth-order valence-electron chi connectivity index (χ4n) is 7.64. The van der Waals surface area contributed by atoms with Crippen molar-refractivity contribution in [3.05, 3.63) is 181 Å². The zero-order valence-electron chi connectivity index (χ0n) is 28.4. The Kier molecular flexibility index (Phi) is 7.38. The van der Waals surface area contributed by atoms with Gasteiger partial charge in [-0.15, -0.1) is 0 Å². The van der Waals surface area contributed by atoms with Crippen LogP contribution in [0.5, 0.6) is 0 Å². The van der Waals surface area contributed by atoms with E-state index in [1.54, 1.807) is 0 Å². The summed E-state index contributed by atoms with van der Waals surface area (Å²) in [5.41, 5.74) is 6.78. The predicted octanol–water partition coefficient (Wildman–Crippen LogP) is 9.97. The van der Waals surface area contributed by atoms with Gasteiger partial charge >= 0.3 is 0 Å². The minimum Gasteiger partial charge on any atom is -0.309 e. The summed E-state index contributed by atoms with van der Waals surface area (Å²) in [6, 6.07) is 57.6. The quantitative estimate of drug-likeness (QED) is 0.171. The lowest BCUT2D eigenvalue weighted by Gasteiger charge is -2.39. The van der Waals surface area contributed by atoms with Crippen molar-refractivity contribution < 1.29 is 4.57 Å². The lowest BCUT2D eigenvalue weighted by molar-refractivity contribution is 0.586. The summed E-state index contributed by atoms with van der Waals surface area (Å²) in [4.78, 5) is 15.0. The third-order valence-electron chi connectivity index (χ3n) is 10.2. The highest BCUT2D eigenvalue weighted by molar-refractivity contribution is 7.85. The Hall–Kier alpha value is -5.96. The molecule has 51 heavy (non-hydrogen) atoms. The standard InChI is InChI=1S/C46H34N3OP/c1-46(2)39-26-12-13-27-41(39)51(50,34-20-10-5-11-21-34)42-30-33(28-29-40(42)46)35-22-14-24-37-36(35)23-15-25-38(37)45-48-43(31-16-6-3-7-17-31)47-44(49-45)32-18-8-4-9-19-32/h3-30H,1-2H3. The minimum absolute atomic E-state index is 0.315. The number of aromatic nitrogens is 3. The summed E-state index contributed by atoms with van der Waals surface area (Å²) in [7, 11) is -3.19. The number of nitrogens with zero attached hydrogens (tertiary/aromatic N) is 3. The Balaban J connectivity index is 1.24. The van der Waals surface area contributed by atoms with Crippen LogP contribution in [-0.4, -0.2) is 15.0 Å². The van der Waals surface area contributed by atoms with E-state index < -0.39 is 7.14 Å². The molecule has 1 aliphatic rings. The summed E-state index contributed by atoms with van der Waals surface area (Å²) in [6.45, 7) is 4.48. The van der Waals surface area contributed by atoms with Crippen molar-refractivity contribution in [2.24, 2.45) is 0 Å². The second-order valence-corrected chi connectivity index (χ2v) is 16.3. The van der Waals surface area contributed by atoms with Crippen LogP contribution >= 0.6 is 7.14 Å². The highest BCUT2D eigenvalue weighted by Gasteiger charge is 2.44. The molecular formula is C46H34N3OP. The van der Waals surface area contributed by atoms with E-state index in [0.29, 0.717) is 17.5 Å². The van der Waals surface area contributed by atoms with Crippen molar-refractivity contribution in [1.82, 2.24) is 15.0 Å². The Bertz CT molecular complexity index is 2580. The van der Waals surface area contributed by atoms with Crippen molar-refractivity contribution in [1.29, 1.82) is 0 Å². The molecule has 0 saturated heterocycles. The van der Waals surface area contributed by atoms with Gasteiger partial charge in [0.05, 0.1) is 0 Å². The molecule has 1 unspecified atom stereocenters. The third kappa shape index (κ3) is 5.06. The molecular weight excluding hydrogens is 642 g/mol. The molecule has 0 amide bonds. The van der Waals surface area contributed by atoms with E-state index in [2.05, 4.69) is 86.6 Å². The summed E-state index contributed by atoms with van der Waals surface area (Å²) >= 11 is 0. The molecule has 1 aliphatic heterocycles. The van der Waals surface area contributed by atoms with Crippen LogP contribution in [0, 0.1) is 0 Å². The molecule has 8 aromatic rings. The van der Waals surface area contributed by atoms with Gasteiger partial charge in [0.2, 0.25) is 0 Å². The van der Waals surface area contributed by atoms with Crippen LogP contribution in [0.15, 0.2) is 170 Å². The van der Waals surface area contributed by atoms with Gasteiger partial charge in [-0.05, 0) is 39.1 Å². The molecule has 244 valence electrons. The van der Waals surface area contributed by atoms with Crippen LogP contribution in [0.2, 0.25) is 0 Å². The Morgan fingerprint density at radius 2 is 0.941 bits per heavy atom. The topological polar surface area (TPSA) is 55.7 Å². The molecule has 0 N–H and O–H groups in total. The highest BCUT2D eigenvalue weighted by Crippen LogP contribution is 2.53. The molecule has 5 heteroatoms. The van der Waals surface area contributed by atoms with Crippen molar-refractivity contribution in [2.75, 3.05) is 0 Å². The molecule has 2 heterocycles. The van der Waals surface area contributed by atoms with Crippen molar-refractivity contribution in [3.8, 4) is 45.3 Å². The smallest absolute Gasteiger partial charge is 0.171 e. The lowest BCUT2D eigenvalue weighted by atomic mass is 9.77. The number of hydrogen-bond donors (Lipinski definition) is 0. The summed E-state index contributed by atoms with van der Waals surface area (Å²) in [5.74, 6) is 1.87. The Morgan fingerprint density at radius 3 is 1.59 bits per heavy atom. The van der Waals surface area contributed by atoms with E-state index in [9.17, 15) is 0 Å². The molecule has 0 aliphatic carbocycles. The summed E-state index contributed by atoms with van der Waals surface area (Å²) < 4.78 is 15.7. The number of rotatable bonds is 5. The van der Waals surface area contributed by atoms with Gasteiger partial charge in [-0.1, -0.05) is 178 Å². The highest BCUT2D eigenvalue weighted by atomic mass is 31.2. The van der Waals surface area contributed by atoms with Gasteiger partial charge in [-0.25, -0.2) is 15.0 Å². The van der Waals surface area contributed by atoms with Gasteiger partial charge in [0.1, 0.15) is 0 Å². The van der Waals surface area contributed by atoms with Crippen LogP contribution < -0.4 is 15.9 Å². The first-order valence-electron chi connectivity index (χ1n) is 17.2. The van der Waals surface area contributed by atoms with E-state index in [1.165, 1.54) is 0 Å². The normalized spacial score (nSPS) is 16.0. The maximum absolute atomic E-state index is 15.7. The first-order valence-corrected chi connectivity index (χ1v) is 18.9. The second-order valence-electron chi connectivity index (χ2n) is 13.6. The van der Waals surface area contributed by atoms with E-state index in [4.69, 9.17) is 15.0 Å². The molecule has 9 rings (SSSR count). The molecule has 1 atom stereocenters. The van der Waals surface area contributed by atoms with Gasteiger partial charge in [-0.3, -0.25) is 0 Å². The molecule has 4 nitrogen and oxygen atoms in total. The van der Waals surface area contributed by atoms with E-state index in [0.717, 1.165) is 65.6 Å². The van der Waals surface area contributed by atoms with E-state index in [1.807, 2.05) is 97.1 Å². The van der Waals surface area contributed by atoms with Crippen molar-refractivity contribution in [2.45, 2.75) is 19.3 Å². The van der Waals surface area contributed by atoms with Crippen molar-refractivity contribution in [3.63, 3.8) is 0 Å². The van der Waals surface area contributed by atoms with Gasteiger partial charge in [0.15, 0.2) is 24.6 Å². The molecule has 0 saturated carbocycles. The van der Waals surface area contributed by atoms with Crippen LogP contribution in [0.3, 0.4) is 0 Å². The maximum Gasteiger partial charge on any atom is 0.171 e. The first kappa shape index (κ1) is 31.1. The minimum atomic E-state index is -3.19. The molecule has 0 radical (unpaired) electrons. The average molecular weight is 676 g/mol. The largest absolute Gasteiger partial charge is 0.309 e. The average Bonchev–Trinajstić information content (AvgIpc) is 3.20. The van der Waals surface area contributed by atoms with Gasteiger partial charge in [0, 0.05) is 38.0 Å². The zero-order chi connectivity index (χ0) is 34.6.